The molecule has 6 heteroatoms. The summed E-state index contributed by atoms with van der Waals surface area (Å²) >= 11 is 0. The monoisotopic (exact) mass is 286 g/mol. The van der Waals surface area contributed by atoms with Crippen LogP contribution in [0.3, 0.4) is 0 Å². The van der Waals surface area contributed by atoms with Crippen LogP contribution in [-0.2, 0) is 6.18 Å². The summed E-state index contributed by atoms with van der Waals surface area (Å²) in [5.74, 6) is 0.0417. The molecule has 2 atom stereocenters. The van der Waals surface area contributed by atoms with Crippen LogP contribution in [0, 0.1) is 5.92 Å². The highest BCUT2D eigenvalue weighted by atomic mass is 19.4. The van der Waals surface area contributed by atoms with E-state index in [0.29, 0.717) is 5.92 Å². The third kappa shape index (κ3) is 3.49. The molecule has 0 spiro atoms. The number of halogens is 3. The van der Waals surface area contributed by atoms with E-state index in [1.54, 1.807) is 0 Å². The molecule has 3 nitrogen and oxygen atoms in total. The number of rotatable bonds is 2. The van der Waals surface area contributed by atoms with E-state index in [1.165, 1.54) is 6.07 Å². The van der Waals surface area contributed by atoms with Crippen LogP contribution in [0.25, 0.3) is 0 Å². The van der Waals surface area contributed by atoms with Crippen molar-refractivity contribution in [3.63, 3.8) is 0 Å². The van der Waals surface area contributed by atoms with Crippen molar-refractivity contribution in [1.29, 1.82) is 0 Å². The number of carbonyl (C=O) groups is 1. The first-order chi connectivity index (χ1) is 9.38. The zero-order valence-electron chi connectivity index (χ0n) is 11.2. The summed E-state index contributed by atoms with van der Waals surface area (Å²) in [6, 6.07) is 2.09. The third-order valence-electron chi connectivity index (χ3n) is 3.74. The highest BCUT2D eigenvalue weighted by molar-refractivity contribution is 5.94. The summed E-state index contributed by atoms with van der Waals surface area (Å²) in [7, 11) is 0. The lowest BCUT2D eigenvalue weighted by Gasteiger charge is -2.29. The first kappa shape index (κ1) is 14.8. The lowest BCUT2D eigenvalue weighted by Crippen LogP contribution is -2.41. The Morgan fingerprint density at radius 2 is 2.00 bits per heavy atom. The third-order valence-corrected chi connectivity index (χ3v) is 3.74. The standard InChI is InChI=1S/C14H17F3N2O/c1-9-4-2-3-5-11(9)19-13(20)10-6-7-12(18-8-10)14(15,16)17/h6-9,11H,2-5H2,1H3,(H,19,20)/t9-,11-/m0/s1. The summed E-state index contributed by atoms with van der Waals surface area (Å²) in [5, 5.41) is 2.88. The molecule has 0 saturated heterocycles. The number of pyridine rings is 1. The summed E-state index contributed by atoms with van der Waals surface area (Å²) < 4.78 is 37.1. The molecular weight excluding hydrogens is 269 g/mol. The van der Waals surface area contributed by atoms with Crippen molar-refractivity contribution < 1.29 is 18.0 Å². The average molecular weight is 286 g/mol. The first-order valence-corrected chi connectivity index (χ1v) is 6.72. The van der Waals surface area contributed by atoms with Crippen LogP contribution in [-0.4, -0.2) is 16.9 Å². The van der Waals surface area contributed by atoms with Gasteiger partial charge in [0, 0.05) is 12.2 Å². The van der Waals surface area contributed by atoms with Crippen molar-refractivity contribution in [2.24, 2.45) is 5.92 Å². The van der Waals surface area contributed by atoms with Gasteiger partial charge in [0.2, 0.25) is 0 Å². The topological polar surface area (TPSA) is 42.0 Å². The molecule has 1 amide bonds. The van der Waals surface area contributed by atoms with Gasteiger partial charge in [0.05, 0.1) is 5.56 Å². The van der Waals surface area contributed by atoms with Crippen molar-refractivity contribution in [3.8, 4) is 0 Å². The molecule has 1 N–H and O–H groups in total. The van der Waals surface area contributed by atoms with Crippen molar-refractivity contribution in [1.82, 2.24) is 10.3 Å². The summed E-state index contributed by atoms with van der Waals surface area (Å²) in [6.07, 6.45) is 0.714. The number of alkyl halides is 3. The number of nitrogens with one attached hydrogen (secondary N) is 1. The number of hydrogen-bond acceptors (Lipinski definition) is 2. The van der Waals surface area contributed by atoms with E-state index in [9.17, 15) is 18.0 Å². The van der Waals surface area contributed by atoms with Crippen LogP contribution in [0.1, 0.15) is 48.7 Å². The largest absolute Gasteiger partial charge is 0.433 e. The molecule has 2 rings (SSSR count). The summed E-state index contributed by atoms with van der Waals surface area (Å²) in [5.41, 5.74) is -0.823. The van der Waals surface area contributed by atoms with Crippen LogP contribution in [0.5, 0.6) is 0 Å². The fourth-order valence-corrected chi connectivity index (χ4v) is 2.48. The molecule has 1 aliphatic rings. The van der Waals surface area contributed by atoms with Gasteiger partial charge in [0.25, 0.3) is 5.91 Å². The van der Waals surface area contributed by atoms with Gasteiger partial charge in [-0.2, -0.15) is 13.2 Å². The Balaban J connectivity index is 2.02. The minimum Gasteiger partial charge on any atom is -0.349 e. The van der Waals surface area contributed by atoms with Gasteiger partial charge in [-0.1, -0.05) is 19.8 Å². The SMILES string of the molecule is C[C@H]1CCCC[C@@H]1NC(=O)c1ccc(C(F)(F)F)nc1. The molecule has 0 aromatic carbocycles. The Labute approximate surface area is 115 Å². The maximum absolute atomic E-state index is 12.4. The summed E-state index contributed by atoms with van der Waals surface area (Å²) in [6.45, 7) is 2.08. The molecule has 1 heterocycles. The Hall–Kier alpha value is -1.59. The van der Waals surface area contributed by atoms with Crippen molar-refractivity contribution in [3.05, 3.63) is 29.6 Å². The van der Waals surface area contributed by atoms with E-state index in [2.05, 4.69) is 17.2 Å². The van der Waals surface area contributed by atoms with Gasteiger partial charge in [-0.3, -0.25) is 9.78 Å². The molecular formula is C14H17F3N2O. The van der Waals surface area contributed by atoms with Gasteiger partial charge in [-0.15, -0.1) is 0 Å². The fourth-order valence-electron chi connectivity index (χ4n) is 2.48. The molecule has 1 aromatic heterocycles. The second-order valence-electron chi connectivity index (χ2n) is 5.27. The van der Waals surface area contributed by atoms with Crippen LogP contribution >= 0.6 is 0 Å². The number of amides is 1. The average Bonchev–Trinajstić information content (AvgIpc) is 2.40. The predicted octanol–water partition coefficient (Wildman–Crippen LogP) is 3.41. The number of hydrogen-bond donors (Lipinski definition) is 1. The highest BCUT2D eigenvalue weighted by Gasteiger charge is 2.32. The first-order valence-electron chi connectivity index (χ1n) is 6.72. The number of nitrogens with zero attached hydrogens (tertiary/aromatic N) is 1. The van der Waals surface area contributed by atoms with Gasteiger partial charge >= 0.3 is 6.18 Å². The minimum atomic E-state index is -4.48. The van der Waals surface area contributed by atoms with Crippen molar-refractivity contribution >= 4 is 5.91 Å². The molecule has 1 aliphatic carbocycles. The lowest BCUT2D eigenvalue weighted by molar-refractivity contribution is -0.141. The van der Waals surface area contributed by atoms with E-state index in [-0.39, 0.29) is 17.5 Å². The Morgan fingerprint density at radius 1 is 1.30 bits per heavy atom. The molecule has 1 fully saturated rings. The molecule has 0 aliphatic heterocycles. The van der Waals surface area contributed by atoms with Crippen LogP contribution < -0.4 is 5.32 Å². The van der Waals surface area contributed by atoms with E-state index in [4.69, 9.17) is 0 Å². The lowest BCUT2D eigenvalue weighted by atomic mass is 9.86. The smallest absolute Gasteiger partial charge is 0.349 e. The van der Waals surface area contributed by atoms with Gasteiger partial charge in [-0.25, -0.2) is 0 Å². The summed E-state index contributed by atoms with van der Waals surface area (Å²) in [4.78, 5) is 15.3. The van der Waals surface area contributed by atoms with E-state index in [1.807, 2.05) is 0 Å². The zero-order valence-corrected chi connectivity index (χ0v) is 11.2. The number of carbonyl (C=O) groups excluding carboxylic acids is 1. The van der Waals surface area contributed by atoms with E-state index < -0.39 is 11.9 Å². The van der Waals surface area contributed by atoms with Crippen LogP contribution in [0.15, 0.2) is 18.3 Å². The van der Waals surface area contributed by atoms with Gasteiger partial charge in [-0.05, 0) is 30.9 Å². The zero-order chi connectivity index (χ0) is 14.8. The van der Waals surface area contributed by atoms with E-state index in [0.717, 1.165) is 37.9 Å². The maximum atomic E-state index is 12.4. The second-order valence-corrected chi connectivity index (χ2v) is 5.27. The van der Waals surface area contributed by atoms with Crippen molar-refractivity contribution in [2.75, 3.05) is 0 Å². The molecule has 0 unspecified atom stereocenters. The van der Waals surface area contributed by atoms with E-state index >= 15 is 0 Å². The maximum Gasteiger partial charge on any atom is 0.433 e. The number of aromatic nitrogens is 1. The molecule has 110 valence electrons. The molecule has 0 bridgehead atoms. The predicted molar refractivity (Wildman–Crippen MR) is 68.1 cm³/mol. The van der Waals surface area contributed by atoms with Gasteiger partial charge in [0.1, 0.15) is 5.69 Å². The fraction of sp³-hybridized carbons (Fsp3) is 0.571. The molecule has 0 radical (unpaired) electrons. The second kappa shape index (κ2) is 5.81. The Bertz CT molecular complexity index is 470. The Morgan fingerprint density at radius 3 is 2.55 bits per heavy atom. The molecule has 1 saturated carbocycles. The van der Waals surface area contributed by atoms with Crippen LogP contribution in [0.4, 0.5) is 13.2 Å². The quantitative estimate of drug-likeness (QED) is 0.905. The highest BCUT2D eigenvalue weighted by Crippen LogP contribution is 2.27. The van der Waals surface area contributed by atoms with Gasteiger partial charge in [0.15, 0.2) is 0 Å². The molecule has 20 heavy (non-hydrogen) atoms. The minimum absolute atomic E-state index is 0.0959. The molecule has 1 aromatic rings. The van der Waals surface area contributed by atoms with Gasteiger partial charge < -0.3 is 5.32 Å². The van der Waals surface area contributed by atoms with Crippen molar-refractivity contribution in [2.45, 2.75) is 44.8 Å². The van der Waals surface area contributed by atoms with Crippen LogP contribution in [0.2, 0.25) is 0 Å². The normalized spacial score (nSPS) is 23.4. The Kier molecular flexibility index (Phi) is 4.30.